The Bertz CT molecular complexity index is 464. The fraction of sp³-hybridized carbons (Fsp3) is 0.600. The third-order valence-electron chi connectivity index (χ3n) is 2.93. The summed E-state index contributed by atoms with van der Waals surface area (Å²) in [7, 11) is 0. The van der Waals surface area contributed by atoms with Crippen LogP contribution in [0.4, 0.5) is 10.2 Å². The minimum Gasteiger partial charge on any atom is -0.394 e. The highest BCUT2D eigenvalue weighted by Crippen LogP contribution is 2.35. The maximum absolute atomic E-state index is 13.7. The molecule has 1 fully saturated rings. The summed E-state index contributed by atoms with van der Waals surface area (Å²) in [5, 5.41) is 8.94. The summed E-state index contributed by atoms with van der Waals surface area (Å²) >= 11 is 0. The normalized spacial score (nSPS) is 32.9. The van der Waals surface area contributed by atoms with Gasteiger partial charge in [-0.3, -0.25) is 4.57 Å². The van der Waals surface area contributed by atoms with Gasteiger partial charge in [-0.15, -0.1) is 0 Å². The van der Waals surface area contributed by atoms with Crippen LogP contribution in [0.15, 0.2) is 17.1 Å². The largest absolute Gasteiger partial charge is 0.394 e. The molecule has 0 radical (unpaired) electrons. The molecule has 0 saturated carbocycles. The van der Waals surface area contributed by atoms with Crippen molar-refractivity contribution in [1.82, 2.24) is 9.55 Å². The first kappa shape index (κ1) is 12.0. The zero-order chi connectivity index (χ0) is 12.6. The third kappa shape index (κ3) is 2.03. The number of halogens is 1. The van der Waals surface area contributed by atoms with E-state index in [9.17, 15) is 9.18 Å². The Morgan fingerprint density at radius 1 is 1.71 bits per heavy atom. The Balaban J connectivity index is 2.32. The molecule has 1 aromatic rings. The van der Waals surface area contributed by atoms with E-state index in [1.165, 1.54) is 16.8 Å². The van der Waals surface area contributed by atoms with Crippen LogP contribution in [0.2, 0.25) is 0 Å². The van der Waals surface area contributed by atoms with Crippen LogP contribution < -0.4 is 11.4 Å². The lowest BCUT2D eigenvalue weighted by Crippen LogP contribution is -2.30. The highest BCUT2D eigenvalue weighted by atomic mass is 19.1. The smallest absolute Gasteiger partial charge is 0.351 e. The molecular formula is C10H14FN3O3. The van der Waals surface area contributed by atoms with Crippen LogP contribution in [0.25, 0.3) is 0 Å². The summed E-state index contributed by atoms with van der Waals surface area (Å²) in [6, 6.07) is 1.44. The molecule has 6 nitrogen and oxygen atoms in total. The molecule has 1 aliphatic heterocycles. The van der Waals surface area contributed by atoms with E-state index in [4.69, 9.17) is 15.6 Å². The van der Waals surface area contributed by atoms with Crippen molar-refractivity contribution in [2.45, 2.75) is 25.4 Å². The minimum atomic E-state index is -1.31. The fourth-order valence-electron chi connectivity index (χ4n) is 1.96. The van der Waals surface area contributed by atoms with Crippen LogP contribution in [0, 0.1) is 5.92 Å². The molecule has 4 unspecified atom stereocenters. The second kappa shape index (κ2) is 4.42. The van der Waals surface area contributed by atoms with Crippen LogP contribution in [-0.4, -0.2) is 33.5 Å². The van der Waals surface area contributed by atoms with E-state index in [-0.39, 0.29) is 5.82 Å². The number of aliphatic hydroxyl groups excluding tert-OH is 1. The highest BCUT2D eigenvalue weighted by Gasteiger charge is 2.43. The lowest BCUT2D eigenvalue weighted by atomic mass is 10.0. The number of nitrogens with two attached hydrogens (primary N) is 1. The molecule has 2 rings (SSSR count). The number of rotatable bonds is 2. The number of nitrogen functional groups attached to an aromatic ring is 1. The molecule has 1 aliphatic rings. The second-order valence-corrected chi connectivity index (χ2v) is 4.09. The van der Waals surface area contributed by atoms with Gasteiger partial charge in [-0.2, -0.15) is 4.98 Å². The monoisotopic (exact) mass is 243 g/mol. The van der Waals surface area contributed by atoms with Gasteiger partial charge in [0.1, 0.15) is 24.3 Å². The fourth-order valence-corrected chi connectivity index (χ4v) is 1.96. The number of anilines is 1. The van der Waals surface area contributed by atoms with Crippen LogP contribution in [0.5, 0.6) is 0 Å². The molecule has 0 spiro atoms. The number of alkyl halides is 1. The van der Waals surface area contributed by atoms with Gasteiger partial charge in [-0.1, -0.05) is 6.92 Å². The Hall–Kier alpha value is -1.47. The molecule has 1 aromatic heterocycles. The number of hydrogen-bond donors (Lipinski definition) is 2. The zero-order valence-electron chi connectivity index (χ0n) is 9.28. The van der Waals surface area contributed by atoms with E-state index in [1.54, 1.807) is 6.92 Å². The van der Waals surface area contributed by atoms with Gasteiger partial charge in [0.15, 0.2) is 0 Å². The van der Waals surface area contributed by atoms with Gasteiger partial charge in [0.05, 0.1) is 6.61 Å². The topological polar surface area (TPSA) is 90.4 Å². The average Bonchev–Trinajstić information content (AvgIpc) is 2.57. The molecule has 0 amide bonds. The molecular weight excluding hydrogens is 229 g/mol. The molecule has 0 bridgehead atoms. The van der Waals surface area contributed by atoms with Crippen molar-refractivity contribution in [1.29, 1.82) is 0 Å². The van der Waals surface area contributed by atoms with Gasteiger partial charge in [0.25, 0.3) is 0 Å². The Labute approximate surface area is 96.8 Å². The van der Waals surface area contributed by atoms with Crippen molar-refractivity contribution in [2.75, 3.05) is 12.3 Å². The van der Waals surface area contributed by atoms with E-state index >= 15 is 0 Å². The molecule has 17 heavy (non-hydrogen) atoms. The predicted molar refractivity (Wildman–Crippen MR) is 58.0 cm³/mol. The molecule has 3 N–H and O–H groups in total. The van der Waals surface area contributed by atoms with E-state index in [2.05, 4.69) is 4.98 Å². The van der Waals surface area contributed by atoms with E-state index in [1.807, 2.05) is 0 Å². The first-order chi connectivity index (χ1) is 8.04. The van der Waals surface area contributed by atoms with E-state index < -0.39 is 36.7 Å². The second-order valence-electron chi connectivity index (χ2n) is 4.09. The predicted octanol–water partition coefficient (Wildman–Crippen LogP) is -0.311. The maximum Gasteiger partial charge on any atom is 0.351 e. The van der Waals surface area contributed by atoms with Crippen LogP contribution in [0.3, 0.4) is 0 Å². The lowest BCUT2D eigenvalue weighted by molar-refractivity contribution is -0.0402. The first-order valence-electron chi connectivity index (χ1n) is 5.29. The Morgan fingerprint density at radius 3 is 2.94 bits per heavy atom. The standard InChI is InChI=1S/C10H14FN3O3/c1-5-8(11)6(4-15)17-9(5)14-3-2-7(12)13-10(14)16/h2-3,5-6,8-9,15H,4H2,1H3,(H2,12,13,16). The molecule has 7 heteroatoms. The van der Waals surface area contributed by atoms with Crippen LogP contribution in [0.1, 0.15) is 13.2 Å². The summed E-state index contributed by atoms with van der Waals surface area (Å²) < 4.78 is 20.2. The summed E-state index contributed by atoms with van der Waals surface area (Å²) in [4.78, 5) is 15.1. The summed E-state index contributed by atoms with van der Waals surface area (Å²) in [6.45, 7) is 1.20. The van der Waals surface area contributed by atoms with Crippen LogP contribution >= 0.6 is 0 Å². The van der Waals surface area contributed by atoms with Gasteiger partial charge >= 0.3 is 5.69 Å². The summed E-state index contributed by atoms with van der Waals surface area (Å²) in [5.41, 5.74) is 4.77. The average molecular weight is 243 g/mol. The molecule has 0 aromatic carbocycles. The molecule has 0 aliphatic carbocycles. The Kier molecular flexibility index (Phi) is 3.12. The molecule has 2 heterocycles. The van der Waals surface area contributed by atoms with Gasteiger partial charge in [-0.05, 0) is 6.07 Å². The highest BCUT2D eigenvalue weighted by molar-refractivity contribution is 5.23. The Morgan fingerprint density at radius 2 is 2.41 bits per heavy atom. The molecule has 1 saturated heterocycles. The summed E-state index contributed by atoms with van der Waals surface area (Å²) in [6.07, 6.45) is -1.56. The van der Waals surface area contributed by atoms with Crippen molar-refractivity contribution >= 4 is 5.82 Å². The third-order valence-corrected chi connectivity index (χ3v) is 2.93. The van der Waals surface area contributed by atoms with Gasteiger partial charge < -0.3 is 15.6 Å². The van der Waals surface area contributed by atoms with Gasteiger partial charge in [0.2, 0.25) is 0 Å². The number of nitrogens with zero attached hydrogens (tertiary/aromatic N) is 2. The van der Waals surface area contributed by atoms with Crippen molar-refractivity contribution in [3.8, 4) is 0 Å². The number of hydrogen-bond acceptors (Lipinski definition) is 5. The van der Waals surface area contributed by atoms with Crippen molar-refractivity contribution in [3.63, 3.8) is 0 Å². The zero-order valence-corrected chi connectivity index (χ0v) is 9.28. The van der Waals surface area contributed by atoms with E-state index in [0.29, 0.717) is 0 Å². The first-order valence-corrected chi connectivity index (χ1v) is 5.29. The minimum absolute atomic E-state index is 0.104. The van der Waals surface area contributed by atoms with E-state index in [0.717, 1.165) is 0 Å². The summed E-state index contributed by atoms with van der Waals surface area (Å²) in [5.74, 6) is -0.428. The van der Waals surface area contributed by atoms with Crippen molar-refractivity contribution < 1.29 is 14.2 Å². The number of aliphatic hydroxyl groups is 1. The SMILES string of the molecule is CC1C(F)C(CO)OC1n1ccc(N)nc1=O. The molecule has 94 valence electrons. The maximum atomic E-state index is 13.7. The molecule has 4 atom stereocenters. The van der Waals surface area contributed by atoms with Crippen molar-refractivity contribution in [2.24, 2.45) is 5.92 Å². The van der Waals surface area contributed by atoms with Crippen molar-refractivity contribution in [3.05, 3.63) is 22.7 Å². The number of ether oxygens (including phenoxy) is 1. The van der Waals surface area contributed by atoms with Gasteiger partial charge in [-0.25, -0.2) is 9.18 Å². The quantitative estimate of drug-likeness (QED) is 0.743. The lowest BCUT2D eigenvalue weighted by Gasteiger charge is -2.17. The van der Waals surface area contributed by atoms with Crippen LogP contribution in [-0.2, 0) is 4.74 Å². The number of aromatic nitrogens is 2. The van der Waals surface area contributed by atoms with Gasteiger partial charge in [0, 0.05) is 12.1 Å².